The zero-order valence-corrected chi connectivity index (χ0v) is 12.9. The first-order valence-electron chi connectivity index (χ1n) is 6.35. The van der Waals surface area contributed by atoms with Crippen LogP contribution in [0.2, 0.25) is 0 Å². The Morgan fingerprint density at radius 3 is 2.80 bits per heavy atom. The van der Waals surface area contributed by atoms with Crippen LogP contribution in [0.5, 0.6) is 0 Å². The molecule has 0 fully saturated rings. The molecule has 0 saturated carbocycles. The van der Waals surface area contributed by atoms with Crippen LogP contribution in [0.4, 0.5) is 4.39 Å². The average Bonchev–Trinajstić information content (AvgIpc) is 2.91. The van der Waals surface area contributed by atoms with Gasteiger partial charge in [0.15, 0.2) is 0 Å². The number of hydrogen-bond acceptors (Lipinski definition) is 3. The van der Waals surface area contributed by atoms with Gasteiger partial charge < -0.3 is 10.6 Å². The van der Waals surface area contributed by atoms with Crippen LogP contribution in [0.25, 0.3) is 0 Å². The Bertz CT molecular complexity index is 582. The zero-order chi connectivity index (χ0) is 14.5. The van der Waals surface area contributed by atoms with Gasteiger partial charge in [0, 0.05) is 29.1 Å². The number of nitrogens with zero attached hydrogens (tertiary/aromatic N) is 1. The Hall–Kier alpha value is -1.30. The normalized spacial score (nSPS) is 10.9. The van der Waals surface area contributed by atoms with E-state index in [1.807, 2.05) is 13.1 Å². The first-order valence-corrected chi connectivity index (χ1v) is 7.64. The minimum absolute atomic E-state index is 0.224. The van der Waals surface area contributed by atoms with E-state index in [1.54, 1.807) is 23.5 Å². The lowest BCUT2D eigenvalue weighted by Crippen LogP contribution is -2.21. The second-order valence-corrected chi connectivity index (χ2v) is 6.21. The molecule has 0 spiro atoms. The molecule has 2 N–H and O–H groups in total. The Kier molecular flexibility index (Phi) is 5.23. The number of halogens is 1. The Morgan fingerprint density at radius 1 is 1.40 bits per heavy atom. The van der Waals surface area contributed by atoms with Crippen molar-refractivity contribution in [1.29, 1.82) is 0 Å². The number of thiocarbonyl (C=S) groups is 1. The molecular formula is C15H17FN2S2. The maximum atomic E-state index is 13.9. The fourth-order valence-electron chi connectivity index (χ4n) is 1.95. The topological polar surface area (TPSA) is 29.3 Å². The maximum absolute atomic E-state index is 13.9. The van der Waals surface area contributed by atoms with Gasteiger partial charge >= 0.3 is 0 Å². The van der Waals surface area contributed by atoms with Crippen molar-refractivity contribution in [1.82, 2.24) is 4.90 Å². The highest BCUT2D eigenvalue weighted by Gasteiger charge is 2.08. The van der Waals surface area contributed by atoms with Crippen LogP contribution in [-0.4, -0.2) is 23.5 Å². The number of rotatable bonds is 6. The van der Waals surface area contributed by atoms with Crippen LogP contribution in [-0.2, 0) is 13.0 Å². The van der Waals surface area contributed by atoms with Crippen molar-refractivity contribution in [2.45, 2.75) is 13.0 Å². The van der Waals surface area contributed by atoms with Gasteiger partial charge in [-0.2, -0.15) is 0 Å². The molecule has 0 unspecified atom stereocenters. The molecule has 0 aliphatic carbocycles. The zero-order valence-electron chi connectivity index (χ0n) is 11.3. The SMILES string of the molecule is CN(CCc1cccs1)Cc1ccc(C(N)=S)cc1F. The van der Waals surface area contributed by atoms with Crippen molar-refractivity contribution in [2.24, 2.45) is 5.73 Å². The summed E-state index contributed by atoms with van der Waals surface area (Å²) in [6, 6.07) is 9.11. The van der Waals surface area contributed by atoms with Crippen LogP contribution in [0, 0.1) is 5.82 Å². The fourth-order valence-corrected chi connectivity index (χ4v) is 2.78. The van der Waals surface area contributed by atoms with Crippen LogP contribution >= 0.6 is 23.6 Å². The van der Waals surface area contributed by atoms with E-state index >= 15 is 0 Å². The number of thiophene rings is 1. The predicted molar refractivity (Wildman–Crippen MR) is 86.6 cm³/mol. The lowest BCUT2D eigenvalue weighted by molar-refractivity contribution is 0.326. The summed E-state index contributed by atoms with van der Waals surface area (Å²) in [5, 5.41) is 2.07. The fraction of sp³-hybridized carbons (Fsp3) is 0.267. The Morgan fingerprint density at radius 2 is 2.20 bits per heavy atom. The molecule has 0 bridgehead atoms. The average molecular weight is 308 g/mol. The van der Waals surface area contributed by atoms with Crippen molar-refractivity contribution in [3.63, 3.8) is 0 Å². The third kappa shape index (κ3) is 4.10. The molecule has 106 valence electrons. The molecule has 1 aromatic heterocycles. The number of benzene rings is 1. The van der Waals surface area contributed by atoms with Gasteiger partial charge in [-0.15, -0.1) is 11.3 Å². The van der Waals surface area contributed by atoms with Crippen molar-refractivity contribution < 1.29 is 4.39 Å². The van der Waals surface area contributed by atoms with Gasteiger partial charge in [0.2, 0.25) is 0 Å². The van der Waals surface area contributed by atoms with E-state index in [0.29, 0.717) is 17.7 Å². The van der Waals surface area contributed by atoms with E-state index in [0.717, 1.165) is 13.0 Å². The molecule has 5 heteroatoms. The standard InChI is InChI=1S/C15H17FN2S2/c1-18(7-6-13-3-2-8-20-13)10-12-5-4-11(15(17)19)9-14(12)16/h2-5,8-9H,6-7,10H2,1H3,(H2,17,19). The molecule has 0 radical (unpaired) electrons. The van der Waals surface area contributed by atoms with Crippen LogP contribution in [0.15, 0.2) is 35.7 Å². The van der Waals surface area contributed by atoms with E-state index in [2.05, 4.69) is 16.3 Å². The summed E-state index contributed by atoms with van der Waals surface area (Å²) in [5.74, 6) is -0.252. The largest absolute Gasteiger partial charge is 0.389 e. The van der Waals surface area contributed by atoms with Crippen molar-refractivity contribution in [3.8, 4) is 0 Å². The molecule has 0 aliphatic heterocycles. The number of nitrogens with two attached hydrogens (primary N) is 1. The van der Waals surface area contributed by atoms with Crippen molar-refractivity contribution in [3.05, 3.63) is 57.5 Å². The second-order valence-electron chi connectivity index (χ2n) is 4.74. The van der Waals surface area contributed by atoms with E-state index in [-0.39, 0.29) is 10.8 Å². The van der Waals surface area contributed by atoms with Crippen LogP contribution in [0.1, 0.15) is 16.0 Å². The van der Waals surface area contributed by atoms with E-state index in [9.17, 15) is 4.39 Å². The van der Waals surface area contributed by atoms with Gasteiger partial charge in [-0.3, -0.25) is 0 Å². The lowest BCUT2D eigenvalue weighted by Gasteiger charge is -2.17. The molecule has 0 atom stereocenters. The third-order valence-electron chi connectivity index (χ3n) is 3.10. The van der Waals surface area contributed by atoms with Gasteiger partial charge in [0.25, 0.3) is 0 Å². The summed E-state index contributed by atoms with van der Waals surface area (Å²) in [5.41, 5.74) is 6.73. The Labute approximate surface area is 128 Å². The number of hydrogen-bond donors (Lipinski definition) is 1. The highest BCUT2D eigenvalue weighted by molar-refractivity contribution is 7.80. The summed E-state index contributed by atoms with van der Waals surface area (Å²) in [6.45, 7) is 1.48. The van der Waals surface area contributed by atoms with E-state index < -0.39 is 0 Å². The van der Waals surface area contributed by atoms with Gasteiger partial charge in [0.1, 0.15) is 10.8 Å². The number of likely N-dealkylation sites (N-methyl/N-ethyl adjacent to an activating group) is 1. The third-order valence-corrected chi connectivity index (χ3v) is 4.27. The molecule has 0 amide bonds. The summed E-state index contributed by atoms with van der Waals surface area (Å²) < 4.78 is 13.9. The van der Waals surface area contributed by atoms with E-state index in [4.69, 9.17) is 18.0 Å². The maximum Gasteiger partial charge on any atom is 0.128 e. The van der Waals surface area contributed by atoms with Crippen molar-refractivity contribution in [2.75, 3.05) is 13.6 Å². The van der Waals surface area contributed by atoms with Crippen molar-refractivity contribution >= 4 is 28.5 Å². The summed E-state index contributed by atoms with van der Waals surface area (Å²) in [7, 11) is 1.99. The van der Waals surface area contributed by atoms with E-state index in [1.165, 1.54) is 10.9 Å². The van der Waals surface area contributed by atoms with Gasteiger partial charge in [-0.1, -0.05) is 30.4 Å². The molecule has 0 saturated heterocycles. The van der Waals surface area contributed by atoms with Crippen LogP contribution < -0.4 is 5.73 Å². The Balaban J connectivity index is 1.93. The summed E-state index contributed by atoms with van der Waals surface area (Å²) >= 11 is 6.59. The molecule has 2 rings (SSSR count). The summed E-state index contributed by atoms with van der Waals surface area (Å²) in [4.78, 5) is 3.68. The quantitative estimate of drug-likeness (QED) is 0.831. The molecular weight excluding hydrogens is 291 g/mol. The molecule has 2 aromatic rings. The molecule has 20 heavy (non-hydrogen) atoms. The minimum Gasteiger partial charge on any atom is -0.389 e. The molecule has 1 aromatic carbocycles. The molecule has 0 aliphatic rings. The van der Waals surface area contributed by atoms with Crippen LogP contribution in [0.3, 0.4) is 0 Å². The highest BCUT2D eigenvalue weighted by atomic mass is 32.1. The van der Waals surface area contributed by atoms with Gasteiger partial charge in [-0.05, 0) is 31.0 Å². The molecule has 1 heterocycles. The first kappa shape index (κ1) is 15.1. The monoisotopic (exact) mass is 308 g/mol. The van der Waals surface area contributed by atoms with Gasteiger partial charge in [0.05, 0.1) is 0 Å². The minimum atomic E-state index is -0.252. The second kappa shape index (κ2) is 6.92. The smallest absolute Gasteiger partial charge is 0.128 e. The predicted octanol–water partition coefficient (Wildman–Crippen LogP) is 3.20. The summed E-state index contributed by atoms with van der Waals surface area (Å²) in [6.07, 6.45) is 0.987. The molecule has 2 nitrogen and oxygen atoms in total. The lowest BCUT2D eigenvalue weighted by atomic mass is 10.1. The van der Waals surface area contributed by atoms with Gasteiger partial charge in [-0.25, -0.2) is 4.39 Å². The first-order chi connectivity index (χ1) is 9.56. The highest BCUT2D eigenvalue weighted by Crippen LogP contribution is 2.14.